The average Bonchev–Trinajstić information content (AvgIpc) is 3.23. The fraction of sp³-hybridized carbons (Fsp3) is 0.400. The maximum Gasteiger partial charge on any atom is 0.184 e. The highest BCUT2D eigenvalue weighted by molar-refractivity contribution is 7.16. The van der Waals surface area contributed by atoms with Crippen molar-refractivity contribution in [2.75, 3.05) is 20.3 Å². The zero-order chi connectivity index (χ0) is 14.8. The molecule has 1 fully saturated rings. The summed E-state index contributed by atoms with van der Waals surface area (Å²) in [5, 5.41) is 0. The van der Waals surface area contributed by atoms with Gasteiger partial charge in [-0.1, -0.05) is 11.6 Å². The smallest absolute Gasteiger partial charge is 0.184 e. The van der Waals surface area contributed by atoms with Gasteiger partial charge in [-0.3, -0.25) is 0 Å². The van der Waals surface area contributed by atoms with Crippen LogP contribution in [0, 0.1) is 5.82 Å². The third-order valence-corrected chi connectivity index (χ3v) is 4.65. The molecule has 2 aromatic rings. The maximum absolute atomic E-state index is 14.1. The molecule has 0 aliphatic heterocycles. The normalized spacial score (nSPS) is 14.4. The average molecular weight is 328 g/mol. The Bertz CT molecular complexity index is 643. The molecule has 0 radical (unpaired) electrons. The zero-order valence-electron chi connectivity index (χ0n) is 11.6. The van der Waals surface area contributed by atoms with Crippen LogP contribution < -0.4 is 4.74 Å². The Kier molecular flexibility index (Phi) is 4.42. The van der Waals surface area contributed by atoms with Crippen LogP contribution in [-0.2, 0) is 4.74 Å². The molecule has 21 heavy (non-hydrogen) atoms. The number of rotatable bonds is 6. The predicted molar refractivity (Wildman–Crippen MR) is 81.9 cm³/mol. The molecule has 0 bridgehead atoms. The van der Waals surface area contributed by atoms with Gasteiger partial charge in [0.25, 0.3) is 0 Å². The SMILES string of the molecule is COCCOc1ccc(-c2nc(Cl)sc2C2CC2)cc1F. The molecule has 1 aliphatic carbocycles. The molecule has 112 valence electrons. The summed E-state index contributed by atoms with van der Waals surface area (Å²) in [6.07, 6.45) is 2.32. The van der Waals surface area contributed by atoms with Crippen molar-refractivity contribution in [3.63, 3.8) is 0 Å². The molecule has 0 saturated heterocycles. The van der Waals surface area contributed by atoms with E-state index in [0.29, 0.717) is 23.6 Å². The quantitative estimate of drug-likeness (QED) is 0.732. The van der Waals surface area contributed by atoms with Gasteiger partial charge in [-0.25, -0.2) is 9.37 Å². The second kappa shape index (κ2) is 6.30. The summed E-state index contributed by atoms with van der Waals surface area (Å²) in [4.78, 5) is 5.50. The number of aromatic nitrogens is 1. The first-order valence-electron chi connectivity index (χ1n) is 6.77. The number of methoxy groups -OCH3 is 1. The van der Waals surface area contributed by atoms with Crippen LogP contribution >= 0.6 is 22.9 Å². The van der Waals surface area contributed by atoms with Crippen LogP contribution in [0.5, 0.6) is 5.75 Å². The molecule has 1 aromatic heterocycles. The first-order chi connectivity index (χ1) is 10.2. The Hall–Kier alpha value is -1.17. The maximum atomic E-state index is 14.1. The number of ether oxygens (including phenoxy) is 2. The van der Waals surface area contributed by atoms with E-state index in [9.17, 15) is 4.39 Å². The Morgan fingerprint density at radius 1 is 1.38 bits per heavy atom. The molecular formula is C15H15ClFNO2S. The van der Waals surface area contributed by atoms with E-state index in [1.165, 1.54) is 17.4 Å². The molecule has 0 N–H and O–H groups in total. The number of thiazole rings is 1. The number of hydrogen-bond acceptors (Lipinski definition) is 4. The molecule has 0 atom stereocenters. The standard InChI is InChI=1S/C15H15ClFNO2S/c1-19-6-7-20-12-5-4-10(8-11(12)17)13-14(9-2-3-9)21-15(16)18-13/h4-5,8-9H,2-3,6-7H2,1H3. The molecule has 0 spiro atoms. The summed E-state index contributed by atoms with van der Waals surface area (Å²) in [5.41, 5.74) is 1.55. The van der Waals surface area contributed by atoms with E-state index in [0.717, 1.165) is 29.0 Å². The Morgan fingerprint density at radius 2 is 2.19 bits per heavy atom. The van der Waals surface area contributed by atoms with Crippen LogP contribution in [-0.4, -0.2) is 25.3 Å². The van der Waals surface area contributed by atoms with E-state index >= 15 is 0 Å². The highest BCUT2D eigenvalue weighted by Crippen LogP contribution is 2.48. The minimum Gasteiger partial charge on any atom is -0.488 e. The summed E-state index contributed by atoms with van der Waals surface area (Å²) >= 11 is 7.51. The molecule has 6 heteroatoms. The Morgan fingerprint density at radius 3 is 2.86 bits per heavy atom. The lowest BCUT2D eigenvalue weighted by atomic mass is 10.1. The van der Waals surface area contributed by atoms with Gasteiger partial charge in [-0.15, -0.1) is 11.3 Å². The van der Waals surface area contributed by atoms with E-state index in [1.54, 1.807) is 13.2 Å². The van der Waals surface area contributed by atoms with Gasteiger partial charge in [0, 0.05) is 17.6 Å². The van der Waals surface area contributed by atoms with Crippen molar-refractivity contribution in [2.24, 2.45) is 0 Å². The van der Waals surface area contributed by atoms with E-state index in [1.807, 2.05) is 6.07 Å². The van der Waals surface area contributed by atoms with Crippen LogP contribution in [0.3, 0.4) is 0 Å². The van der Waals surface area contributed by atoms with Crippen LogP contribution in [0.25, 0.3) is 11.3 Å². The van der Waals surface area contributed by atoms with Crippen molar-refractivity contribution < 1.29 is 13.9 Å². The summed E-state index contributed by atoms with van der Waals surface area (Å²) in [6.45, 7) is 0.747. The second-order valence-corrected chi connectivity index (χ2v) is 6.55. The monoisotopic (exact) mass is 327 g/mol. The largest absolute Gasteiger partial charge is 0.488 e. The van der Waals surface area contributed by atoms with E-state index in [-0.39, 0.29) is 5.75 Å². The fourth-order valence-electron chi connectivity index (χ4n) is 2.13. The topological polar surface area (TPSA) is 31.4 Å². The van der Waals surface area contributed by atoms with Gasteiger partial charge in [0.15, 0.2) is 16.0 Å². The van der Waals surface area contributed by atoms with Gasteiger partial charge in [0.2, 0.25) is 0 Å². The number of nitrogens with zero attached hydrogens (tertiary/aromatic N) is 1. The van der Waals surface area contributed by atoms with Gasteiger partial charge in [-0.2, -0.15) is 0 Å². The van der Waals surface area contributed by atoms with Crippen LogP contribution in [0.1, 0.15) is 23.6 Å². The number of halogens is 2. The second-order valence-electron chi connectivity index (χ2n) is 4.94. The molecule has 3 nitrogen and oxygen atoms in total. The number of benzene rings is 1. The molecular weight excluding hydrogens is 313 g/mol. The minimum atomic E-state index is -0.394. The third kappa shape index (κ3) is 3.36. The molecule has 1 saturated carbocycles. The third-order valence-electron chi connectivity index (χ3n) is 3.33. The fourth-order valence-corrected chi connectivity index (χ4v) is 3.45. The highest BCUT2D eigenvalue weighted by Gasteiger charge is 2.30. The van der Waals surface area contributed by atoms with Crippen molar-refractivity contribution in [3.05, 3.63) is 33.4 Å². The summed E-state index contributed by atoms with van der Waals surface area (Å²) in [7, 11) is 1.58. The van der Waals surface area contributed by atoms with Crippen molar-refractivity contribution in [1.29, 1.82) is 0 Å². The van der Waals surface area contributed by atoms with E-state index < -0.39 is 5.82 Å². The lowest BCUT2D eigenvalue weighted by Gasteiger charge is -2.08. The van der Waals surface area contributed by atoms with Gasteiger partial charge >= 0.3 is 0 Å². The lowest BCUT2D eigenvalue weighted by molar-refractivity contribution is 0.144. The van der Waals surface area contributed by atoms with Gasteiger partial charge < -0.3 is 9.47 Å². The first kappa shape index (κ1) is 14.8. The summed E-state index contributed by atoms with van der Waals surface area (Å²) < 4.78 is 24.8. The van der Waals surface area contributed by atoms with Gasteiger partial charge in [-0.05, 0) is 37.0 Å². The van der Waals surface area contributed by atoms with Crippen molar-refractivity contribution in [1.82, 2.24) is 4.98 Å². The highest BCUT2D eigenvalue weighted by atomic mass is 35.5. The predicted octanol–water partition coefficient (Wildman–Crippen LogP) is 4.51. The first-order valence-corrected chi connectivity index (χ1v) is 7.96. The van der Waals surface area contributed by atoms with Crippen molar-refractivity contribution in [2.45, 2.75) is 18.8 Å². The molecule has 0 amide bonds. The zero-order valence-corrected chi connectivity index (χ0v) is 13.1. The van der Waals surface area contributed by atoms with Crippen LogP contribution in [0.15, 0.2) is 18.2 Å². The van der Waals surface area contributed by atoms with E-state index in [4.69, 9.17) is 21.1 Å². The van der Waals surface area contributed by atoms with Crippen molar-refractivity contribution >= 4 is 22.9 Å². The van der Waals surface area contributed by atoms with Crippen LogP contribution in [0.2, 0.25) is 4.47 Å². The summed E-state index contributed by atoms with van der Waals surface area (Å²) in [6, 6.07) is 4.91. The molecule has 1 aromatic carbocycles. The Labute approximate surface area is 131 Å². The number of hydrogen-bond donors (Lipinski definition) is 0. The van der Waals surface area contributed by atoms with Gasteiger partial charge in [0.05, 0.1) is 12.3 Å². The molecule has 0 unspecified atom stereocenters. The van der Waals surface area contributed by atoms with Crippen molar-refractivity contribution in [3.8, 4) is 17.0 Å². The van der Waals surface area contributed by atoms with Gasteiger partial charge in [0.1, 0.15) is 6.61 Å². The lowest BCUT2D eigenvalue weighted by Crippen LogP contribution is -2.05. The summed E-state index contributed by atoms with van der Waals surface area (Å²) in [5.74, 6) is 0.366. The molecule has 3 rings (SSSR count). The van der Waals surface area contributed by atoms with E-state index in [2.05, 4.69) is 4.98 Å². The molecule has 1 aliphatic rings. The molecule has 1 heterocycles. The van der Waals surface area contributed by atoms with Crippen LogP contribution in [0.4, 0.5) is 4.39 Å². The minimum absolute atomic E-state index is 0.227. The Balaban J connectivity index is 1.84.